The van der Waals surface area contributed by atoms with Crippen molar-refractivity contribution in [2.75, 3.05) is 11.0 Å². The van der Waals surface area contributed by atoms with E-state index in [-0.39, 0.29) is 5.91 Å². The topological polar surface area (TPSA) is 93.1 Å². The molecule has 4 aromatic rings. The van der Waals surface area contributed by atoms with Gasteiger partial charge < -0.3 is 5.32 Å². The molecular weight excluding hydrogens is 436 g/mol. The maximum atomic E-state index is 13.0. The fourth-order valence-electron chi connectivity index (χ4n) is 3.64. The predicted octanol–water partition coefficient (Wildman–Crippen LogP) is 4.40. The summed E-state index contributed by atoms with van der Waals surface area (Å²) in [6.45, 7) is 1.81. The van der Waals surface area contributed by atoms with E-state index in [0.29, 0.717) is 16.8 Å². The van der Waals surface area contributed by atoms with Gasteiger partial charge in [0.15, 0.2) is 0 Å². The number of hydrogen-bond donors (Lipinski definition) is 2. The summed E-state index contributed by atoms with van der Waals surface area (Å²) in [5.41, 5.74) is 4.29. The molecule has 0 saturated heterocycles. The van der Waals surface area contributed by atoms with Gasteiger partial charge in [0.25, 0.3) is 5.91 Å². The monoisotopic (exact) mass is 460 g/mol. The van der Waals surface area contributed by atoms with Crippen molar-refractivity contribution in [3.05, 3.63) is 102 Å². The van der Waals surface area contributed by atoms with Crippen molar-refractivity contribution in [2.45, 2.75) is 13.0 Å². The summed E-state index contributed by atoms with van der Waals surface area (Å²) in [4.78, 5) is 13.0. The summed E-state index contributed by atoms with van der Waals surface area (Å²) in [6, 6.07) is 25.6. The number of amides is 1. The SMILES string of the molecule is CC(NC(=O)c1cccc(-n2nccc2-c2ccccc2)c1)c1ccccc1NS(C)(=O)=O. The van der Waals surface area contributed by atoms with E-state index in [2.05, 4.69) is 15.1 Å². The van der Waals surface area contributed by atoms with E-state index in [1.54, 1.807) is 47.3 Å². The summed E-state index contributed by atoms with van der Waals surface area (Å²) < 4.78 is 27.7. The predicted molar refractivity (Wildman–Crippen MR) is 130 cm³/mol. The largest absolute Gasteiger partial charge is 0.345 e. The first-order chi connectivity index (χ1) is 15.8. The minimum atomic E-state index is -3.44. The molecule has 1 unspecified atom stereocenters. The first-order valence-corrected chi connectivity index (χ1v) is 12.3. The standard InChI is InChI=1S/C25H24N4O3S/c1-18(22-13-6-7-14-23(22)28-33(2,31)32)27-25(30)20-11-8-12-21(17-20)29-24(15-16-26-29)19-9-4-3-5-10-19/h3-18,28H,1-2H3,(H,27,30). The Bertz CT molecular complexity index is 1380. The third kappa shape index (κ3) is 5.30. The van der Waals surface area contributed by atoms with Gasteiger partial charge in [-0.25, -0.2) is 13.1 Å². The molecule has 1 aromatic heterocycles. The zero-order valence-corrected chi connectivity index (χ0v) is 19.1. The summed E-state index contributed by atoms with van der Waals surface area (Å²) in [6.07, 6.45) is 2.82. The van der Waals surface area contributed by atoms with Crippen molar-refractivity contribution in [1.82, 2.24) is 15.1 Å². The number of hydrogen-bond acceptors (Lipinski definition) is 4. The Balaban J connectivity index is 1.58. The molecule has 1 heterocycles. The van der Waals surface area contributed by atoms with Crippen LogP contribution in [0.3, 0.4) is 0 Å². The number of nitrogens with zero attached hydrogens (tertiary/aromatic N) is 2. The molecule has 0 aliphatic rings. The zero-order chi connectivity index (χ0) is 23.4. The highest BCUT2D eigenvalue weighted by molar-refractivity contribution is 7.92. The van der Waals surface area contributed by atoms with Gasteiger partial charge in [0, 0.05) is 11.1 Å². The minimum absolute atomic E-state index is 0.271. The number of para-hydroxylation sites is 1. The number of carbonyl (C=O) groups excluding carboxylic acids is 1. The molecule has 0 bridgehead atoms. The Morgan fingerprint density at radius 1 is 0.939 bits per heavy atom. The number of rotatable bonds is 7. The van der Waals surface area contributed by atoms with Gasteiger partial charge in [0.2, 0.25) is 10.0 Å². The van der Waals surface area contributed by atoms with Crippen LogP contribution in [0.25, 0.3) is 16.9 Å². The van der Waals surface area contributed by atoms with E-state index in [4.69, 9.17) is 0 Å². The van der Waals surface area contributed by atoms with Gasteiger partial charge >= 0.3 is 0 Å². The molecule has 7 nitrogen and oxygen atoms in total. The van der Waals surface area contributed by atoms with E-state index >= 15 is 0 Å². The molecule has 0 saturated carbocycles. The molecule has 2 N–H and O–H groups in total. The molecular formula is C25H24N4O3S. The summed E-state index contributed by atoms with van der Waals surface area (Å²) in [7, 11) is -3.44. The lowest BCUT2D eigenvalue weighted by Crippen LogP contribution is -2.27. The van der Waals surface area contributed by atoms with Crippen molar-refractivity contribution in [3.8, 4) is 16.9 Å². The summed E-state index contributed by atoms with van der Waals surface area (Å²) in [5.74, 6) is -0.271. The molecule has 33 heavy (non-hydrogen) atoms. The Morgan fingerprint density at radius 3 is 2.42 bits per heavy atom. The average Bonchev–Trinajstić information content (AvgIpc) is 3.29. The lowest BCUT2D eigenvalue weighted by atomic mass is 10.1. The number of benzene rings is 3. The van der Waals surface area contributed by atoms with Gasteiger partial charge in [-0.05, 0) is 42.8 Å². The van der Waals surface area contributed by atoms with Gasteiger partial charge in [-0.1, -0.05) is 54.6 Å². The molecule has 1 atom stereocenters. The molecule has 0 aliphatic heterocycles. The van der Waals surface area contributed by atoms with Gasteiger partial charge in [0.05, 0.1) is 35.6 Å². The highest BCUT2D eigenvalue weighted by Crippen LogP contribution is 2.25. The molecule has 0 radical (unpaired) electrons. The molecule has 4 rings (SSSR count). The van der Waals surface area contributed by atoms with Crippen molar-refractivity contribution in [3.63, 3.8) is 0 Å². The van der Waals surface area contributed by atoms with E-state index in [9.17, 15) is 13.2 Å². The van der Waals surface area contributed by atoms with Crippen LogP contribution in [0.5, 0.6) is 0 Å². The summed E-state index contributed by atoms with van der Waals surface area (Å²) in [5, 5.41) is 7.39. The number of nitrogens with one attached hydrogen (secondary N) is 2. The Hall–Kier alpha value is -3.91. The fourth-order valence-corrected chi connectivity index (χ4v) is 4.23. The van der Waals surface area contributed by atoms with E-state index < -0.39 is 16.1 Å². The molecule has 168 valence electrons. The van der Waals surface area contributed by atoms with Crippen LogP contribution in [0.15, 0.2) is 91.1 Å². The normalized spacial score (nSPS) is 12.2. The van der Waals surface area contributed by atoms with Crippen LogP contribution in [0.1, 0.15) is 28.9 Å². The summed E-state index contributed by atoms with van der Waals surface area (Å²) >= 11 is 0. The second-order valence-corrected chi connectivity index (χ2v) is 9.45. The van der Waals surface area contributed by atoms with Crippen LogP contribution in [0.4, 0.5) is 5.69 Å². The van der Waals surface area contributed by atoms with Crippen molar-refractivity contribution in [2.24, 2.45) is 0 Å². The lowest BCUT2D eigenvalue weighted by molar-refractivity contribution is 0.0940. The maximum Gasteiger partial charge on any atom is 0.251 e. The number of anilines is 1. The van der Waals surface area contributed by atoms with E-state index in [1.165, 1.54) is 0 Å². The Labute approximate surface area is 193 Å². The molecule has 0 fully saturated rings. The van der Waals surface area contributed by atoms with Gasteiger partial charge in [-0.3, -0.25) is 9.52 Å². The fraction of sp³-hybridized carbons (Fsp3) is 0.120. The highest BCUT2D eigenvalue weighted by Gasteiger charge is 2.17. The second kappa shape index (κ2) is 9.30. The molecule has 0 spiro atoms. The Morgan fingerprint density at radius 2 is 1.67 bits per heavy atom. The molecule has 0 aliphatic carbocycles. The second-order valence-electron chi connectivity index (χ2n) is 7.70. The number of aromatic nitrogens is 2. The maximum absolute atomic E-state index is 13.0. The minimum Gasteiger partial charge on any atom is -0.345 e. The average molecular weight is 461 g/mol. The number of carbonyl (C=O) groups is 1. The van der Waals surface area contributed by atoms with E-state index in [0.717, 1.165) is 23.2 Å². The van der Waals surface area contributed by atoms with Crippen LogP contribution in [-0.2, 0) is 10.0 Å². The first kappa shape index (κ1) is 22.3. The third-order valence-corrected chi connectivity index (χ3v) is 5.73. The van der Waals surface area contributed by atoms with Crippen LogP contribution in [-0.4, -0.2) is 30.4 Å². The molecule has 8 heteroatoms. The first-order valence-electron chi connectivity index (χ1n) is 10.4. The molecule has 1 amide bonds. The van der Waals surface area contributed by atoms with Gasteiger partial charge in [-0.15, -0.1) is 0 Å². The smallest absolute Gasteiger partial charge is 0.251 e. The number of sulfonamides is 1. The van der Waals surface area contributed by atoms with Crippen LogP contribution in [0, 0.1) is 0 Å². The van der Waals surface area contributed by atoms with Crippen molar-refractivity contribution in [1.29, 1.82) is 0 Å². The van der Waals surface area contributed by atoms with Gasteiger partial charge in [-0.2, -0.15) is 5.10 Å². The van der Waals surface area contributed by atoms with Crippen LogP contribution >= 0.6 is 0 Å². The quantitative estimate of drug-likeness (QED) is 0.427. The Kier molecular flexibility index (Phi) is 6.28. The third-order valence-electron chi connectivity index (χ3n) is 5.14. The lowest BCUT2D eigenvalue weighted by Gasteiger charge is -2.18. The van der Waals surface area contributed by atoms with E-state index in [1.807, 2.05) is 55.5 Å². The van der Waals surface area contributed by atoms with Crippen molar-refractivity contribution >= 4 is 21.6 Å². The van der Waals surface area contributed by atoms with Crippen molar-refractivity contribution < 1.29 is 13.2 Å². The van der Waals surface area contributed by atoms with Crippen LogP contribution in [0.2, 0.25) is 0 Å². The zero-order valence-electron chi connectivity index (χ0n) is 18.3. The highest BCUT2D eigenvalue weighted by atomic mass is 32.2. The van der Waals surface area contributed by atoms with Crippen LogP contribution < -0.4 is 10.0 Å². The van der Waals surface area contributed by atoms with Gasteiger partial charge in [0.1, 0.15) is 0 Å². The molecule has 3 aromatic carbocycles.